The largest absolute Gasteiger partial charge is 0.345 e. The first-order valence-corrected chi connectivity index (χ1v) is 5.44. The summed E-state index contributed by atoms with van der Waals surface area (Å²) in [5.74, 6) is 0. The van der Waals surface area contributed by atoms with E-state index in [0.717, 1.165) is 11.1 Å². The normalized spacial score (nSPS) is 10.9. The molecule has 17 heavy (non-hydrogen) atoms. The summed E-state index contributed by atoms with van der Waals surface area (Å²) < 4.78 is 0. The van der Waals surface area contributed by atoms with E-state index >= 15 is 0 Å². The zero-order chi connectivity index (χ0) is 11.8. The molecule has 3 rings (SSSR count). The highest BCUT2D eigenvalue weighted by molar-refractivity contribution is 6.30. The van der Waals surface area contributed by atoms with Crippen molar-refractivity contribution in [1.29, 1.82) is 0 Å². The molecule has 2 aromatic heterocycles. The van der Waals surface area contributed by atoms with Gasteiger partial charge in [-0.1, -0.05) is 23.7 Å². The van der Waals surface area contributed by atoms with Crippen LogP contribution in [0, 0.1) is 0 Å². The number of hydrogen-bond donors (Lipinski definition) is 2. The van der Waals surface area contributed by atoms with Gasteiger partial charge in [0.25, 0.3) is 5.56 Å². The molecule has 84 valence electrons. The second-order valence-corrected chi connectivity index (χ2v) is 4.10. The number of benzene rings is 1. The third kappa shape index (κ3) is 1.62. The maximum atomic E-state index is 11.8. The number of fused-ring (bicyclic) bond motifs is 1. The van der Waals surface area contributed by atoms with Crippen molar-refractivity contribution in [2.24, 2.45) is 0 Å². The summed E-state index contributed by atoms with van der Waals surface area (Å²) in [5, 5.41) is 1.19. The number of hydrogen-bond acceptors (Lipinski definition) is 2. The Kier molecular flexibility index (Phi) is 2.23. The zero-order valence-corrected chi connectivity index (χ0v) is 9.45. The average Bonchev–Trinajstić information content (AvgIpc) is 2.74. The molecule has 0 aliphatic rings. The van der Waals surface area contributed by atoms with Gasteiger partial charge in [0.15, 0.2) is 0 Å². The van der Waals surface area contributed by atoms with E-state index in [0.29, 0.717) is 16.1 Å². The van der Waals surface area contributed by atoms with Crippen LogP contribution in [-0.4, -0.2) is 15.0 Å². The zero-order valence-electron chi connectivity index (χ0n) is 8.70. The topological polar surface area (TPSA) is 61.5 Å². The summed E-state index contributed by atoms with van der Waals surface area (Å²) >= 11 is 5.94. The molecule has 0 saturated carbocycles. The van der Waals surface area contributed by atoms with E-state index in [9.17, 15) is 4.79 Å². The van der Waals surface area contributed by atoms with Gasteiger partial charge in [0.2, 0.25) is 0 Å². The van der Waals surface area contributed by atoms with Crippen LogP contribution in [0.1, 0.15) is 0 Å². The minimum atomic E-state index is -0.161. The Morgan fingerprint density at radius 2 is 2.12 bits per heavy atom. The van der Waals surface area contributed by atoms with Crippen molar-refractivity contribution in [3.63, 3.8) is 0 Å². The molecule has 2 heterocycles. The van der Waals surface area contributed by atoms with E-state index in [1.807, 2.05) is 18.2 Å². The number of H-pyrrole nitrogens is 2. The number of nitrogens with zero attached hydrogens (tertiary/aromatic N) is 1. The van der Waals surface area contributed by atoms with E-state index in [-0.39, 0.29) is 5.56 Å². The molecule has 0 amide bonds. The van der Waals surface area contributed by atoms with E-state index in [2.05, 4.69) is 15.0 Å². The molecule has 0 unspecified atom stereocenters. The average molecular weight is 246 g/mol. The fourth-order valence-electron chi connectivity index (χ4n) is 1.86. The third-order valence-corrected chi connectivity index (χ3v) is 2.85. The summed E-state index contributed by atoms with van der Waals surface area (Å²) in [4.78, 5) is 21.4. The Labute approximate surface area is 101 Å². The monoisotopic (exact) mass is 245 g/mol. The quantitative estimate of drug-likeness (QED) is 0.692. The highest BCUT2D eigenvalue weighted by Gasteiger charge is 2.10. The van der Waals surface area contributed by atoms with E-state index in [1.165, 1.54) is 6.33 Å². The van der Waals surface area contributed by atoms with Crippen molar-refractivity contribution < 1.29 is 0 Å². The van der Waals surface area contributed by atoms with Crippen LogP contribution >= 0.6 is 11.6 Å². The van der Waals surface area contributed by atoms with Crippen molar-refractivity contribution in [3.05, 3.63) is 52.2 Å². The molecule has 0 aliphatic heterocycles. The smallest absolute Gasteiger partial charge is 0.260 e. The molecule has 5 heteroatoms. The third-order valence-electron chi connectivity index (χ3n) is 2.61. The Balaban J connectivity index is 2.35. The molecule has 0 bridgehead atoms. The molecule has 0 fully saturated rings. The molecular weight excluding hydrogens is 238 g/mol. The number of rotatable bonds is 1. The minimum Gasteiger partial charge on any atom is -0.345 e. The predicted octanol–water partition coefficient (Wildman–Crippen LogP) is 2.57. The van der Waals surface area contributed by atoms with Gasteiger partial charge in [-0.2, -0.15) is 0 Å². The van der Waals surface area contributed by atoms with Crippen LogP contribution in [0.3, 0.4) is 0 Å². The van der Waals surface area contributed by atoms with Crippen molar-refractivity contribution in [2.75, 3.05) is 0 Å². The second-order valence-electron chi connectivity index (χ2n) is 3.67. The van der Waals surface area contributed by atoms with Crippen molar-refractivity contribution in [1.82, 2.24) is 15.0 Å². The maximum absolute atomic E-state index is 11.8. The maximum Gasteiger partial charge on any atom is 0.260 e. The van der Waals surface area contributed by atoms with E-state index < -0.39 is 0 Å². The van der Waals surface area contributed by atoms with Gasteiger partial charge in [0.1, 0.15) is 5.65 Å². The second kappa shape index (κ2) is 3.75. The molecule has 0 saturated heterocycles. The van der Waals surface area contributed by atoms with Crippen LogP contribution in [0.4, 0.5) is 0 Å². The highest BCUT2D eigenvalue weighted by Crippen LogP contribution is 2.26. The van der Waals surface area contributed by atoms with Gasteiger partial charge in [-0.05, 0) is 17.7 Å². The summed E-state index contributed by atoms with van der Waals surface area (Å²) in [5.41, 5.74) is 2.11. The van der Waals surface area contributed by atoms with Gasteiger partial charge in [0, 0.05) is 16.8 Å². The predicted molar refractivity (Wildman–Crippen MR) is 67.2 cm³/mol. The standard InChI is InChI=1S/C12H8ClN3O/c13-8-3-1-2-7(4-8)9-5-14-11-10(9)12(17)16-6-15-11/h1-6H,(H2,14,15,16,17). The fourth-order valence-corrected chi connectivity index (χ4v) is 2.05. The molecule has 4 nitrogen and oxygen atoms in total. The van der Waals surface area contributed by atoms with Crippen molar-refractivity contribution >= 4 is 22.6 Å². The Morgan fingerprint density at radius 3 is 2.94 bits per heavy atom. The van der Waals surface area contributed by atoms with Crippen LogP contribution in [-0.2, 0) is 0 Å². The Hall–Kier alpha value is -2.07. The van der Waals surface area contributed by atoms with Gasteiger partial charge in [-0.25, -0.2) is 4.98 Å². The molecular formula is C12H8ClN3O. The number of halogens is 1. The van der Waals surface area contributed by atoms with Crippen LogP contribution in [0.2, 0.25) is 5.02 Å². The first kappa shape index (κ1) is 10.1. The molecule has 0 aliphatic carbocycles. The van der Waals surface area contributed by atoms with Gasteiger partial charge < -0.3 is 9.97 Å². The minimum absolute atomic E-state index is 0.161. The summed E-state index contributed by atoms with van der Waals surface area (Å²) in [6.45, 7) is 0. The van der Waals surface area contributed by atoms with Gasteiger partial charge in [0.05, 0.1) is 11.7 Å². The van der Waals surface area contributed by atoms with Crippen LogP contribution in [0.5, 0.6) is 0 Å². The van der Waals surface area contributed by atoms with Gasteiger partial charge in [-0.3, -0.25) is 4.79 Å². The summed E-state index contributed by atoms with van der Waals surface area (Å²) in [6, 6.07) is 7.36. The fraction of sp³-hybridized carbons (Fsp3) is 0. The summed E-state index contributed by atoms with van der Waals surface area (Å²) in [7, 11) is 0. The lowest BCUT2D eigenvalue weighted by atomic mass is 10.1. The molecule has 2 N–H and O–H groups in total. The van der Waals surface area contributed by atoms with E-state index in [1.54, 1.807) is 12.3 Å². The van der Waals surface area contributed by atoms with Crippen molar-refractivity contribution in [3.8, 4) is 11.1 Å². The Bertz CT molecular complexity index is 745. The number of aromatic nitrogens is 3. The lowest BCUT2D eigenvalue weighted by Gasteiger charge is -1.99. The lowest BCUT2D eigenvalue weighted by molar-refractivity contribution is 1.16. The SMILES string of the molecule is O=c1[nH]cnc2[nH]cc(-c3cccc(Cl)c3)c12. The Morgan fingerprint density at radius 1 is 1.24 bits per heavy atom. The molecule has 3 aromatic rings. The van der Waals surface area contributed by atoms with Crippen LogP contribution in [0.15, 0.2) is 41.6 Å². The van der Waals surface area contributed by atoms with Crippen molar-refractivity contribution in [2.45, 2.75) is 0 Å². The molecule has 1 aromatic carbocycles. The van der Waals surface area contributed by atoms with Gasteiger partial charge in [-0.15, -0.1) is 0 Å². The lowest BCUT2D eigenvalue weighted by Crippen LogP contribution is -2.05. The van der Waals surface area contributed by atoms with Crippen LogP contribution in [0.25, 0.3) is 22.2 Å². The number of aromatic amines is 2. The number of nitrogens with one attached hydrogen (secondary N) is 2. The van der Waals surface area contributed by atoms with Gasteiger partial charge >= 0.3 is 0 Å². The summed E-state index contributed by atoms with van der Waals surface area (Å²) in [6.07, 6.45) is 3.14. The molecule has 0 radical (unpaired) electrons. The highest BCUT2D eigenvalue weighted by atomic mass is 35.5. The molecule has 0 spiro atoms. The van der Waals surface area contributed by atoms with Crippen LogP contribution < -0.4 is 5.56 Å². The first-order valence-electron chi connectivity index (χ1n) is 5.06. The van der Waals surface area contributed by atoms with E-state index in [4.69, 9.17) is 11.6 Å². The molecule has 0 atom stereocenters. The first-order chi connectivity index (χ1) is 8.25.